The SMILES string of the molecule is C=C1CCC2C(C)(C(=O)O)CCCC2(C)C1CC/C(C)=C\CO. The van der Waals surface area contributed by atoms with Gasteiger partial charge in [-0.05, 0) is 69.6 Å². The number of allylic oxidation sites excluding steroid dienone is 2. The normalized spacial score (nSPS) is 38.3. The van der Waals surface area contributed by atoms with E-state index in [1.807, 2.05) is 13.0 Å². The Balaban J connectivity index is 2.26. The van der Waals surface area contributed by atoms with E-state index < -0.39 is 11.4 Å². The number of carboxylic acid groups (broad SMARTS) is 1. The third-order valence-electron chi connectivity index (χ3n) is 6.78. The van der Waals surface area contributed by atoms with Gasteiger partial charge in [-0.2, -0.15) is 0 Å². The smallest absolute Gasteiger partial charge is 0.309 e. The van der Waals surface area contributed by atoms with Crippen molar-refractivity contribution in [1.29, 1.82) is 0 Å². The minimum atomic E-state index is -0.629. The highest BCUT2D eigenvalue weighted by Crippen LogP contribution is 2.62. The lowest BCUT2D eigenvalue weighted by Crippen LogP contribution is -2.53. The number of carbonyl (C=O) groups is 1. The monoisotopic (exact) mass is 320 g/mol. The first kappa shape index (κ1) is 18.3. The molecule has 0 radical (unpaired) electrons. The number of hydrogen-bond donors (Lipinski definition) is 2. The molecule has 0 bridgehead atoms. The Bertz CT molecular complexity index is 507. The van der Waals surface area contributed by atoms with Gasteiger partial charge in [0.1, 0.15) is 0 Å². The average Bonchev–Trinajstić information content (AvgIpc) is 2.46. The highest BCUT2D eigenvalue weighted by molar-refractivity contribution is 5.75. The van der Waals surface area contributed by atoms with Crippen LogP contribution in [-0.2, 0) is 4.79 Å². The van der Waals surface area contributed by atoms with Crippen LogP contribution in [0.25, 0.3) is 0 Å². The van der Waals surface area contributed by atoms with Gasteiger partial charge in [0.15, 0.2) is 0 Å². The van der Waals surface area contributed by atoms with Crippen molar-refractivity contribution in [2.24, 2.45) is 22.7 Å². The summed E-state index contributed by atoms with van der Waals surface area (Å²) in [7, 11) is 0. The summed E-state index contributed by atoms with van der Waals surface area (Å²) in [6.45, 7) is 10.7. The molecule has 130 valence electrons. The molecule has 2 rings (SSSR count). The van der Waals surface area contributed by atoms with E-state index in [2.05, 4.69) is 20.4 Å². The molecule has 0 aromatic heterocycles. The topological polar surface area (TPSA) is 57.5 Å². The largest absolute Gasteiger partial charge is 0.481 e. The number of rotatable bonds is 5. The Hall–Kier alpha value is -1.09. The molecule has 0 heterocycles. The molecule has 2 saturated carbocycles. The van der Waals surface area contributed by atoms with Crippen molar-refractivity contribution in [2.75, 3.05) is 6.61 Å². The van der Waals surface area contributed by atoms with Gasteiger partial charge in [0.25, 0.3) is 0 Å². The van der Waals surface area contributed by atoms with Gasteiger partial charge in [-0.3, -0.25) is 4.79 Å². The molecule has 2 aliphatic carbocycles. The second-order valence-electron chi connectivity index (χ2n) is 8.16. The first-order valence-electron chi connectivity index (χ1n) is 8.93. The molecular formula is C20H32O3. The molecule has 0 aromatic rings. The number of aliphatic carboxylic acids is 1. The van der Waals surface area contributed by atoms with Crippen LogP contribution < -0.4 is 0 Å². The van der Waals surface area contributed by atoms with Gasteiger partial charge in [0.05, 0.1) is 12.0 Å². The fourth-order valence-electron chi connectivity index (χ4n) is 5.37. The second-order valence-corrected chi connectivity index (χ2v) is 8.16. The van der Waals surface area contributed by atoms with E-state index in [4.69, 9.17) is 5.11 Å². The number of aliphatic hydroxyl groups excluding tert-OH is 1. The van der Waals surface area contributed by atoms with Crippen molar-refractivity contribution in [3.05, 3.63) is 23.8 Å². The van der Waals surface area contributed by atoms with Crippen LogP contribution in [-0.4, -0.2) is 22.8 Å². The van der Waals surface area contributed by atoms with Gasteiger partial charge < -0.3 is 10.2 Å². The van der Waals surface area contributed by atoms with E-state index in [1.165, 1.54) is 11.1 Å². The summed E-state index contributed by atoms with van der Waals surface area (Å²) in [4.78, 5) is 12.0. The summed E-state index contributed by atoms with van der Waals surface area (Å²) < 4.78 is 0. The highest BCUT2D eigenvalue weighted by Gasteiger charge is 2.57. The molecule has 2 N–H and O–H groups in total. The standard InChI is InChI=1S/C20H32O3/c1-14(10-13-21)6-8-16-15(2)7-9-17-19(16,3)11-5-12-20(17,4)18(22)23/h10,16-17,21H,2,5-9,11-13H2,1,3-4H3,(H,22,23)/b14-10-. The van der Waals surface area contributed by atoms with Gasteiger partial charge in [-0.15, -0.1) is 0 Å². The van der Waals surface area contributed by atoms with E-state index in [0.717, 1.165) is 44.9 Å². The first-order chi connectivity index (χ1) is 10.8. The molecule has 0 aliphatic heterocycles. The van der Waals surface area contributed by atoms with Crippen molar-refractivity contribution in [1.82, 2.24) is 0 Å². The molecule has 4 atom stereocenters. The summed E-state index contributed by atoms with van der Waals surface area (Å²) in [6, 6.07) is 0. The number of hydrogen-bond acceptors (Lipinski definition) is 2. The molecule has 3 heteroatoms. The Kier molecular flexibility index (Phi) is 5.40. The molecule has 4 unspecified atom stereocenters. The highest BCUT2D eigenvalue weighted by atomic mass is 16.4. The fourth-order valence-corrected chi connectivity index (χ4v) is 5.37. The summed E-state index contributed by atoms with van der Waals surface area (Å²) in [5.41, 5.74) is 1.96. The summed E-state index contributed by atoms with van der Waals surface area (Å²) in [5.74, 6) is -0.00260. The summed E-state index contributed by atoms with van der Waals surface area (Å²) in [6.07, 6.45) is 8.65. The zero-order chi connectivity index (χ0) is 17.3. The minimum Gasteiger partial charge on any atom is -0.481 e. The van der Waals surface area contributed by atoms with Crippen molar-refractivity contribution >= 4 is 5.97 Å². The molecule has 2 fully saturated rings. The molecule has 0 amide bonds. The average molecular weight is 320 g/mol. The molecule has 0 saturated heterocycles. The molecule has 2 aliphatic rings. The van der Waals surface area contributed by atoms with Crippen molar-refractivity contribution in [3.63, 3.8) is 0 Å². The third kappa shape index (κ3) is 3.26. The summed E-state index contributed by atoms with van der Waals surface area (Å²) in [5, 5.41) is 18.9. The van der Waals surface area contributed by atoms with Crippen LogP contribution in [0.1, 0.15) is 65.7 Å². The Morgan fingerprint density at radius 3 is 2.70 bits per heavy atom. The molecule has 0 spiro atoms. The van der Waals surface area contributed by atoms with Gasteiger partial charge in [-0.25, -0.2) is 0 Å². The van der Waals surface area contributed by atoms with Crippen LogP contribution in [0.5, 0.6) is 0 Å². The number of aliphatic hydroxyl groups is 1. The lowest BCUT2D eigenvalue weighted by molar-refractivity contribution is -0.164. The quantitative estimate of drug-likeness (QED) is 0.730. The Morgan fingerprint density at radius 2 is 2.09 bits per heavy atom. The van der Waals surface area contributed by atoms with E-state index in [-0.39, 0.29) is 17.9 Å². The maximum atomic E-state index is 12.0. The van der Waals surface area contributed by atoms with Gasteiger partial charge >= 0.3 is 5.97 Å². The summed E-state index contributed by atoms with van der Waals surface area (Å²) >= 11 is 0. The van der Waals surface area contributed by atoms with Crippen molar-refractivity contribution < 1.29 is 15.0 Å². The predicted molar refractivity (Wildman–Crippen MR) is 93.1 cm³/mol. The Labute approximate surface area is 140 Å². The molecule has 23 heavy (non-hydrogen) atoms. The van der Waals surface area contributed by atoms with Crippen LogP contribution in [0.15, 0.2) is 23.8 Å². The molecule has 0 aromatic carbocycles. The molecular weight excluding hydrogens is 288 g/mol. The first-order valence-corrected chi connectivity index (χ1v) is 8.93. The zero-order valence-electron chi connectivity index (χ0n) is 14.9. The van der Waals surface area contributed by atoms with Crippen molar-refractivity contribution in [2.45, 2.75) is 65.7 Å². The zero-order valence-corrected chi connectivity index (χ0v) is 14.9. The van der Waals surface area contributed by atoms with Crippen LogP contribution in [0.4, 0.5) is 0 Å². The maximum absolute atomic E-state index is 12.0. The van der Waals surface area contributed by atoms with Crippen molar-refractivity contribution in [3.8, 4) is 0 Å². The van der Waals surface area contributed by atoms with Gasteiger partial charge in [0, 0.05) is 0 Å². The van der Waals surface area contributed by atoms with E-state index in [9.17, 15) is 9.90 Å². The van der Waals surface area contributed by atoms with E-state index in [0.29, 0.717) is 5.92 Å². The van der Waals surface area contributed by atoms with Gasteiger partial charge in [-0.1, -0.05) is 37.1 Å². The number of fused-ring (bicyclic) bond motifs is 1. The van der Waals surface area contributed by atoms with E-state index >= 15 is 0 Å². The Morgan fingerprint density at radius 1 is 1.39 bits per heavy atom. The van der Waals surface area contributed by atoms with Crippen LogP contribution in [0.3, 0.4) is 0 Å². The third-order valence-corrected chi connectivity index (χ3v) is 6.78. The van der Waals surface area contributed by atoms with Crippen LogP contribution >= 0.6 is 0 Å². The molecule has 3 nitrogen and oxygen atoms in total. The number of carboxylic acids is 1. The minimum absolute atomic E-state index is 0.0419. The predicted octanol–water partition coefficient (Wildman–Crippen LogP) is 4.57. The van der Waals surface area contributed by atoms with E-state index in [1.54, 1.807) is 0 Å². The van der Waals surface area contributed by atoms with Crippen LogP contribution in [0, 0.1) is 22.7 Å². The maximum Gasteiger partial charge on any atom is 0.309 e. The van der Waals surface area contributed by atoms with Crippen LogP contribution in [0.2, 0.25) is 0 Å². The second kappa shape index (κ2) is 6.80. The van der Waals surface area contributed by atoms with Gasteiger partial charge in [0.2, 0.25) is 0 Å². The fraction of sp³-hybridized carbons (Fsp3) is 0.750. The lowest BCUT2D eigenvalue weighted by atomic mass is 9.46. The lowest BCUT2D eigenvalue weighted by Gasteiger charge is -2.57.